The number of carbonyl (C=O) groups excluding carboxylic acids is 1. The topological polar surface area (TPSA) is 47.9 Å². The molecule has 2 rings (SSSR count). The van der Waals surface area contributed by atoms with Crippen molar-refractivity contribution >= 4 is 11.9 Å². The van der Waals surface area contributed by atoms with Gasteiger partial charge in [-0.3, -0.25) is 4.79 Å². The number of nitrogens with zero attached hydrogens (tertiary/aromatic N) is 3. The molecule has 1 N–H and O–H groups in total. The summed E-state index contributed by atoms with van der Waals surface area (Å²) in [6.07, 6.45) is 8.89. The van der Waals surface area contributed by atoms with Crippen LogP contribution in [0.4, 0.5) is 0 Å². The van der Waals surface area contributed by atoms with E-state index in [9.17, 15) is 4.79 Å². The molecule has 0 radical (unpaired) electrons. The Labute approximate surface area is 122 Å². The molecule has 0 unspecified atom stereocenters. The van der Waals surface area contributed by atoms with Gasteiger partial charge in [-0.15, -0.1) is 0 Å². The van der Waals surface area contributed by atoms with E-state index in [1.54, 1.807) is 19.0 Å². The van der Waals surface area contributed by atoms with Crippen LogP contribution in [-0.2, 0) is 4.79 Å². The van der Waals surface area contributed by atoms with Gasteiger partial charge in [0.25, 0.3) is 0 Å². The molecule has 1 saturated heterocycles. The monoisotopic (exact) mass is 280 g/mol. The number of likely N-dealkylation sites (tertiary alicyclic amines) is 1. The lowest BCUT2D eigenvalue weighted by Gasteiger charge is -2.29. The quantitative estimate of drug-likeness (QED) is 0.629. The van der Waals surface area contributed by atoms with Gasteiger partial charge in [0.15, 0.2) is 5.96 Å². The molecule has 1 amide bonds. The number of nitrogens with one attached hydrogen (secondary N) is 1. The summed E-state index contributed by atoms with van der Waals surface area (Å²) in [5, 5.41) is 3.60. The second kappa shape index (κ2) is 7.50. The van der Waals surface area contributed by atoms with E-state index in [4.69, 9.17) is 0 Å². The second-order valence-corrected chi connectivity index (χ2v) is 6.10. The summed E-state index contributed by atoms with van der Waals surface area (Å²) in [7, 11) is 3.56. The highest BCUT2D eigenvalue weighted by Gasteiger charge is 2.21. The summed E-state index contributed by atoms with van der Waals surface area (Å²) < 4.78 is 0. The van der Waals surface area contributed by atoms with Gasteiger partial charge in [0.1, 0.15) is 6.54 Å². The molecule has 1 aliphatic carbocycles. The third kappa shape index (κ3) is 4.39. The minimum atomic E-state index is 0.0622. The van der Waals surface area contributed by atoms with Crippen molar-refractivity contribution in [2.45, 2.75) is 51.0 Å². The molecule has 0 bridgehead atoms. The first kappa shape index (κ1) is 15.1. The molecule has 0 spiro atoms. The SMILES string of the molecule is CN(C)C(=O)CN=C(NC1CCCCC1)N1CCCC1. The van der Waals surface area contributed by atoms with E-state index in [2.05, 4.69) is 15.2 Å². The van der Waals surface area contributed by atoms with Gasteiger partial charge < -0.3 is 15.1 Å². The highest BCUT2D eigenvalue weighted by atomic mass is 16.2. The molecule has 114 valence electrons. The van der Waals surface area contributed by atoms with Gasteiger partial charge in [-0.2, -0.15) is 0 Å². The van der Waals surface area contributed by atoms with Gasteiger partial charge in [0.05, 0.1) is 0 Å². The smallest absolute Gasteiger partial charge is 0.243 e. The summed E-state index contributed by atoms with van der Waals surface area (Å²) in [6.45, 7) is 2.38. The van der Waals surface area contributed by atoms with Gasteiger partial charge in [0, 0.05) is 33.2 Å². The Morgan fingerprint density at radius 3 is 2.40 bits per heavy atom. The van der Waals surface area contributed by atoms with E-state index in [1.807, 2.05) is 0 Å². The minimum absolute atomic E-state index is 0.0622. The van der Waals surface area contributed by atoms with Crippen LogP contribution in [0.15, 0.2) is 4.99 Å². The second-order valence-electron chi connectivity index (χ2n) is 6.10. The van der Waals surface area contributed by atoms with Crippen LogP contribution in [0.3, 0.4) is 0 Å². The van der Waals surface area contributed by atoms with Crippen molar-refractivity contribution in [3.8, 4) is 0 Å². The van der Waals surface area contributed by atoms with E-state index in [0.29, 0.717) is 6.04 Å². The molecule has 1 saturated carbocycles. The molecule has 5 heteroatoms. The van der Waals surface area contributed by atoms with Crippen LogP contribution in [-0.4, -0.2) is 61.4 Å². The van der Waals surface area contributed by atoms with Crippen LogP contribution in [0.1, 0.15) is 44.9 Å². The third-order valence-corrected chi connectivity index (χ3v) is 4.21. The van der Waals surface area contributed by atoms with Crippen LogP contribution >= 0.6 is 0 Å². The molecule has 0 atom stereocenters. The normalized spacial score (nSPS) is 21.1. The largest absolute Gasteiger partial charge is 0.353 e. The number of amides is 1. The molecule has 1 aliphatic heterocycles. The van der Waals surface area contributed by atoms with Gasteiger partial charge in [-0.25, -0.2) is 4.99 Å². The van der Waals surface area contributed by atoms with Crippen LogP contribution in [0, 0.1) is 0 Å². The van der Waals surface area contributed by atoms with E-state index in [-0.39, 0.29) is 12.5 Å². The van der Waals surface area contributed by atoms with Crippen LogP contribution in [0.2, 0.25) is 0 Å². The van der Waals surface area contributed by atoms with Gasteiger partial charge in [0.2, 0.25) is 5.91 Å². The maximum absolute atomic E-state index is 11.7. The number of likely N-dealkylation sites (N-methyl/N-ethyl adjacent to an activating group) is 1. The van der Waals surface area contributed by atoms with Crippen molar-refractivity contribution in [1.82, 2.24) is 15.1 Å². The average molecular weight is 280 g/mol. The first-order valence-corrected chi connectivity index (χ1v) is 7.93. The first-order chi connectivity index (χ1) is 9.66. The lowest BCUT2D eigenvalue weighted by atomic mass is 9.96. The van der Waals surface area contributed by atoms with Gasteiger partial charge >= 0.3 is 0 Å². The molecule has 2 fully saturated rings. The fraction of sp³-hybridized carbons (Fsp3) is 0.867. The molecule has 2 aliphatic rings. The van der Waals surface area contributed by atoms with Crippen LogP contribution < -0.4 is 5.32 Å². The van der Waals surface area contributed by atoms with Crippen molar-refractivity contribution < 1.29 is 4.79 Å². The van der Waals surface area contributed by atoms with E-state index in [1.165, 1.54) is 44.9 Å². The number of guanidine groups is 1. The zero-order chi connectivity index (χ0) is 14.4. The Balaban J connectivity index is 1.95. The molecule has 0 aromatic carbocycles. The van der Waals surface area contributed by atoms with E-state index < -0.39 is 0 Å². The Bertz CT molecular complexity index is 342. The Morgan fingerprint density at radius 2 is 1.80 bits per heavy atom. The van der Waals surface area contributed by atoms with Crippen LogP contribution in [0.25, 0.3) is 0 Å². The maximum Gasteiger partial charge on any atom is 0.243 e. The highest BCUT2D eigenvalue weighted by Crippen LogP contribution is 2.18. The van der Waals surface area contributed by atoms with E-state index >= 15 is 0 Å². The predicted octanol–water partition coefficient (Wildman–Crippen LogP) is 1.45. The van der Waals surface area contributed by atoms with Gasteiger partial charge in [-0.05, 0) is 25.7 Å². The van der Waals surface area contributed by atoms with Crippen molar-refractivity contribution in [3.05, 3.63) is 0 Å². The summed E-state index contributed by atoms with van der Waals surface area (Å²) in [6, 6.07) is 0.539. The Kier molecular flexibility index (Phi) is 5.68. The summed E-state index contributed by atoms with van der Waals surface area (Å²) in [4.78, 5) is 20.2. The average Bonchev–Trinajstić information content (AvgIpc) is 2.98. The van der Waals surface area contributed by atoms with Crippen LogP contribution in [0.5, 0.6) is 0 Å². The number of aliphatic imine (C=N–C) groups is 1. The summed E-state index contributed by atoms with van der Waals surface area (Å²) >= 11 is 0. The minimum Gasteiger partial charge on any atom is -0.353 e. The third-order valence-electron chi connectivity index (χ3n) is 4.21. The fourth-order valence-corrected chi connectivity index (χ4v) is 2.88. The maximum atomic E-state index is 11.7. The number of rotatable bonds is 3. The Morgan fingerprint density at radius 1 is 1.15 bits per heavy atom. The molecular formula is C15H28N4O. The standard InChI is InChI=1S/C15H28N4O/c1-18(2)14(20)12-16-15(19-10-6-7-11-19)17-13-8-4-3-5-9-13/h13H,3-12H2,1-2H3,(H,16,17). The van der Waals surface area contributed by atoms with Crippen molar-refractivity contribution in [2.24, 2.45) is 4.99 Å². The fourth-order valence-electron chi connectivity index (χ4n) is 2.88. The molecule has 5 nitrogen and oxygen atoms in total. The molecule has 0 aromatic heterocycles. The number of carbonyl (C=O) groups is 1. The van der Waals surface area contributed by atoms with Crippen molar-refractivity contribution in [2.75, 3.05) is 33.7 Å². The zero-order valence-corrected chi connectivity index (χ0v) is 12.9. The highest BCUT2D eigenvalue weighted by molar-refractivity contribution is 5.85. The van der Waals surface area contributed by atoms with Gasteiger partial charge in [-0.1, -0.05) is 19.3 Å². The summed E-state index contributed by atoms with van der Waals surface area (Å²) in [5.41, 5.74) is 0. The number of hydrogen-bond donors (Lipinski definition) is 1. The van der Waals surface area contributed by atoms with Crippen molar-refractivity contribution in [1.29, 1.82) is 0 Å². The lowest BCUT2D eigenvalue weighted by molar-refractivity contribution is -0.127. The van der Waals surface area contributed by atoms with Crippen molar-refractivity contribution in [3.63, 3.8) is 0 Å². The molecular weight excluding hydrogens is 252 g/mol. The zero-order valence-electron chi connectivity index (χ0n) is 12.9. The first-order valence-electron chi connectivity index (χ1n) is 7.93. The predicted molar refractivity (Wildman–Crippen MR) is 81.8 cm³/mol. The number of hydrogen-bond acceptors (Lipinski definition) is 2. The van der Waals surface area contributed by atoms with E-state index in [0.717, 1.165) is 19.0 Å². The molecule has 0 aromatic rings. The molecule has 20 heavy (non-hydrogen) atoms. The molecule has 1 heterocycles. The summed E-state index contributed by atoms with van der Waals surface area (Å²) in [5.74, 6) is 1.01. The Hall–Kier alpha value is -1.26. The lowest BCUT2D eigenvalue weighted by Crippen LogP contribution is -2.46.